The molecule has 7 nitrogen and oxygen atoms in total. The van der Waals surface area contributed by atoms with Gasteiger partial charge in [-0.2, -0.15) is 10.2 Å². The van der Waals surface area contributed by atoms with Gasteiger partial charge in [-0.25, -0.2) is 4.68 Å². The van der Waals surface area contributed by atoms with Crippen LogP contribution in [0.3, 0.4) is 0 Å². The maximum Gasteiger partial charge on any atom is 0.256 e. The summed E-state index contributed by atoms with van der Waals surface area (Å²) in [5, 5.41) is 15.0. The zero-order chi connectivity index (χ0) is 19.6. The molecule has 0 unspecified atom stereocenters. The van der Waals surface area contributed by atoms with Crippen molar-refractivity contribution in [2.75, 3.05) is 6.54 Å². The number of aromatic nitrogens is 5. The van der Waals surface area contributed by atoms with Crippen molar-refractivity contribution in [2.45, 2.75) is 19.9 Å². The van der Waals surface area contributed by atoms with Gasteiger partial charge in [-0.15, -0.1) is 0 Å². The van der Waals surface area contributed by atoms with Crippen LogP contribution in [0.25, 0.3) is 0 Å². The number of amides is 1. The summed E-state index contributed by atoms with van der Waals surface area (Å²) < 4.78 is 3.88. The number of nitrogens with zero attached hydrogens (tertiary/aromatic N) is 4. The molecule has 0 aliphatic heterocycles. The van der Waals surface area contributed by atoms with E-state index in [4.69, 9.17) is 35.4 Å². The molecule has 0 spiro atoms. The molecular formula is C17H18Cl2N6OS. The van der Waals surface area contributed by atoms with E-state index in [9.17, 15) is 4.79 Å². The van der Waals surface area contributed by atoms with Crippen LogP contribution in [0.15, 0.2) is 24.3 Å². The van der Waals surface area contributed by atoms with E-state index < -0.39 is 0 Å². The number of carbonyl (C=O) groups excluding carboxylic acids is 1. The third-order valence-corrected chi connectivity index (χ3v) is 5.29. The summed E-state index contributed by atoms with van der Waals surface area (Å²) in [4.78, 5) is 12.6. The van der Waals surface area contributed by atoms with Gasteiger partial charge in [0, 0.05) is 25.0 Å². The average Bonchev–Trinajstić information content (AvgIpc) is 3.09. The normalized spacial score (nSPS) is 11.0. The van der Waals surface area contributed by atoms with Crippen molar-refractivity contribution in [3.8, 4) is 0 Å². The number of aryl methyl sites for hydroxylation is 1. The molecule has 2 N–H and O–H groups in total. The summed E-state index contributed by atoms with van der Waals surface area (Å²) in [6.45, 7) is 2.54. The van der Waals surface area contributed by atoms with E-state index in [1.807, 2.05) is 25.2 Å². The van der Waals surface area contributed by atoms with Gasteiger partial charge in [0.2, 0.25) is 0 Å². The van der Waals surface area contributed by atoms with Crippen LogP contribution in [0.4, 0.5) is 0 Å². The van der Waals surface area contributed by atoms with Gasteiger partial charge in [0.25, 0.3) is 5.91 Å². The van der Waals surface area contributed by atoms with Gasteiger partial charge in [0.15, 0.2) is 4.77 Å². The monoisotopic (exact) mass is 424 g/mol. The maximum atomic E-state index is 12.6. The fourth-order valence-corrected chi connectivity index (χ4v) is 3.35. The first kappa shape index (κ1) is 19.6. The number of hydrogen-bond acceptors (Lipinski definition) is 4. The minimum atomic E-state index is -0.278. The lowest BCUT2D eigenvalue weighted by atomic mass is 10.2. The predicted octanol–water partition coefficient (Wildman–Crippen LogP) is 3.31. The molecule has 0 saturated heterocycles. The lowest BCUT2D eigenvalue weighted by molar-refractivity contribution is 0.0953. The van der Waals surface area contributed by atoms with Gasteiger partial charge < -0.3 is 9.88 Å². The molecule has 142 valence electrons. The molecule has 0 saturated carbocycles. The molecule has 1 aromatic carbocycles. The number of carbonyl (C=O) groups is 1. The molecule has 10 heteroatoms. The highest BCUT2D eigenvalue weighted by atomic mass is 35.5. The third kappa shape index (κ3) is 4.23. The molecule has 0 aliphatic carbocycles. The van der Waals surface area contributed by atoms with Crippen LogP contribution in [-0.2, 0) is 20.0 Å². The van der Waals surface area contributed by atoms with E-state index in [0.29, 0.717) is 40.6 Å². The molecule has 0 fully saturated rings. The Hall–Kier alpha value is -2.16. The highest BCUT2D eigenvalue weighted by molar-refractivity contribution is 7.71. The van der Waals surface area contributed by atoms with Crippen LogP contribution in [-0.4, -0.2) is 37.0 Å². The molecule has 1 amide bonds. The van der Waals surface area contributed by atoms with Gasteiger partial charge >= 0.3 is 0 Å². The molecular weight excluding hydrogens is 407 g/mol. The summed E-state index contributed by atoms with van der Waals surface area (Å²) in [5.41, 5.74) is 1.79. The Kier molecular flexibility index (Phi) is 5.98. The number of rotatable bonds is 6. The summed E-state index contributed by atoms with van der Waals surface area (Å²) in [7, 11) is 1.82. The largest absolute Gasteiger partial charge is 0.351 e. The molecule has 3 aromatic rings. The highest BCUT2D eigenvalue weighted by Crippen LogP contribution is 2.23. The zero-order valence-electron chi connectivity index (χ0n) is 14.8. The third-order valence-electron chi connectivity index (χ3n) is 4.18. The van der Waals surface area contributed by atoms with Crippen LogP contribution in [0.5, 0.6) is 0 Å². The SMILES string of the molecule is Cc1nn(Cc2ccccc2Cl)c(Cl)c1C(=O)NCCc1n[nH]c(=S)n1C. The van der Waals surface area contributed by atoms with Crippen LogP contribution >= 0.6 is 35.4 Å². The number of H-pyrrole nitrogens is 1. The van der Waals surface area contributed by atoms with E-state index in [1.165, 1.54) is 0 Å². The first-order valence-electron chi connectivity index (χ1n) is 8.23. The number of aromatic amines is 1. The average molecular weight is 425 g/mol. The lowest BCUT2D eigenvalue weighted by Gasteiger charge is -2.07. The van der Waals surface area contributed by atoms with Gasteiger partial charge in [-0.3, -0.25) is 9.89 Å². The highest BCUT2D eigenvalue weighted by Gasteiger charge is 2.20. The van der Waals surface area contributed by atoms with Crippen molar-refractivity contribution in [3.05, 3.63) is 61.9 Å². The second-order valence-electron chi connectivity index (χ2n) is 6.01. The van der Waals surface area contributed by atoms with Crippen LogP contribution in [0, 0.1) is 11.7 Å². The van der Waals surface area contributed by atoms with Crippen LogP contribution in [0.2, 0.25) is 10.2 Å². The second kappa shape index (κ2) is 8.24. The zero-order valence-corrected chi connectivity index (χ0v) is 17.1. The van der Waals surface area contributed by atoms with Crippen molar-refractivity contribution >= 4 is 41.3 Å². The summed E-state index contributed by atoms with van der Waals surface area (Å²) in [5.74, 6) is 0.484. The van der Waals surface area contributed by atoms with Gasteiger partial charge in [0.05, 0.1) is 17.8 Å². The minimum absolute atomic E-state index is 0.278. The summed E-state index contributed by atoms with van der Waals surface area (Å²) in [6.07, 6.45) is 0.541. The molecule has 0 aliphatic rings. The maximum absolute atomic E-state index is 12.6. The first-order valence-corrected chi connectivity index (χ1v) is 9.39. The van der Waals surface area contributed by atoms with E-state index in [1.54, 1.807) is 22.2 Å². The topological polar surface area (TPSA) is 80.5 Å². The predicted molar refractivity (Wildman–Crippen MR) is 107 cm³/mol. The van der Waals surface area contributed by atoms with Crippen molar-refractivity contribution < 1.29 is 4.79 Å². The Morgan fingerprint density at radius 3 is 2.74 bits per heavy atom. The Balaban J connectivity index is 1.70. The Labute approximate surface area is 171 Å². The molecule has 0 radical (unpaired) electrons. The lowest BCUT2D eigenvalue weighted by Crippen LogP contribution is -2.27. The van der Waals surface area contributed by atoms with Crippen molar-refractivity contribution in [3.63, 3.8) is 0 Å². The van der Waals surface area contributed by atoms with Crippen LogP contribution in [0.1, 0.15) is 27.4 Å². The number of nitrogens with one attached hydrogen (secondary N) is 2. The molecule has 3 rings (SSSR count). The van der Waals surface area contributed by atoms with Gasteiger partial charge in [0.1, 0.15) is 11.0 Å². The molecule has 0 atom stereocenters. The molecule has 2 aromatic heterocycles. The van der Waals surface area contributed by atoms with Crippen LogP contribution < -0.4 is 5.32 Å². The summed E-state index contributed by atoms with van der Waals surface area (Å²) >= 11 is 17.7. The Morgan fingerprint density at radius 2 is 2.07 bits per heavy atom. The van der Waals surface area contributed by atoms with E-state index >= 15 is 0 Å². The van der Waals surface area contributed by atoms with Crippen molar-refractivity contribution in [1.29, 1.82) is 0 Å². The van der Waals surface area contributed by atoms with Gasteiger partial charge in [-0.1, -0.05) is 41.4 Å². The number of halogens is 2. The molecule has 0 bridgehead atoms. The molecule has 2 heterocycles. The minimum Gasteiger partial charge on any atom is -0.351 e. The second-order valence-corrected chi connectivity index (χ2v) is 7.16. The smallest absolute Gasteiger partial charge is 0.256 e. The van der Waals surface area contributed by atoms with Gasteiger partial charge in [-0.05, 0) is 30.8 Å². The number of benzene rings is 1. The van der Waals surface area contributed by atoms with E-state index in [0.717, 1.165) is 11.4 Å². The quantitative estimate of drug-likeness (QED) is 0.594. The fraction of sp³-hybridized carbons (Fsp3) is 0.294. The summed E-state index contributed by atoms with van der Waals surface area (Å²) in [6, 6.07) is 7.45. The Morgan fingerprint density at radius 1 is 1.33 bits per heavy atom. The van der Waals surface area contributed by atoms with E-state index in [2.05, 4.69) is 20.6 Å². The Bertz CT molecular complexity index is 1040. The number of hydrogen-bond donors (Lipinski definition) is 2. The van der Waals surface area contributed by atoms with Crippen molar-refractivity contribution in [2.24, 2.45) is 7.05 Å². The van der Waals surface area contributed by atoms with Crippen molar-refractivity contribution in [1.82, 2.24) is 29.9 Å². The van der Waals surface area contributed by atoms with E-state index in [-0.39, 0.29) is 11.1 Å². The fourth-order valence-electron chi connectivity index (χ4n) is 2.68. The molecule has 27 heavy (non-hydrogen) atoms. The standard InChI is InChI=1S/C17H18Cl2N6OS/c1-10-14(16(26)20-8-7-13-21-22-17(27)24(13)2)15(19)25(23-10)9-11-5-3-4-6-12(11)18/h3-6H,7-9H2,1-2H3,(H,20,26)(H,22,27). The first-order chi connectivity index (χ1) is 12.9.